The second-order valence-corrected chi connectivity index (χ2v) is 6.57. The molecule has 0 spiro atoms. The van der Waals surface area contributed by atoms with Crippen molar-refractivity contribution in [1.82, 2.24) is 0 Å². The molecule has 3 atom stereocenters. The van der Waals surface area contributed by atoms with E-state index in [4.69, 9.17) is 9.47 Å². The van der Waals surface area contributed by atoms with Crippen molar-refractivity contribution in [2.24, 2.45) is 17.8 Å². The predicted molar refractivity (Wildman–Crippen MR) is 90.5 cm³/mol. The molecule has 0 bridgehead atoms. The average Bonchev–Trinajstić information content (AvgIpc) is 2.86. The van der Waals surface area contributed by atoms with Crippen LogP contribution in [-0.4, -0.2) is 42.7 Å². The first kappa shape index (κ1) is 20.5. The first-order valence-electron chi connectivity index (χ1n) is 8.39. The lowest BCUT2D eigenvalue weighted by Gasteiger charge is -2.16. The number of benzene rings is 1. The van der Waals surface area contributed by atoms with E-state index in [1.165, 1.54) is 19.2 Å². The molecule has 0 saturated heterocycles. The second-order valence-electron chi connectivity index (χ2n) is 6.57. The number of nitrogens with zero attached hydrogens (tertiary/aromatic N) is 1. The summed E-state index contributed by atoms with van der Waals surface area (Å²) >= 11 is 0. The molecule has 0 radical (unpaired) electrons. The Morgan fingerprint density at radius 1 is 1.37 bits per heavy atom. The largest absolute Gasteiger partial charge is 0.494 e. The highest BCUT2D eigenvalue weighted by Gasteiger charge is 2.44. The van der Waals surface area contributed by atoms with Gasteiger partial charge in [-0.25, -0.2) is 4.39 Å². The molecule has 0 heterocycles. The zero-order valence-corrected chi connectivity index (χ0v) is 15.0. The van der Waals surface area contributed by atoms with Crippen LogP contribution in [0.5, 0.6) is 5.75 Å². The van der Waals surface area contributed by atoms with Gasteiger partial charge in [-0.15, -0.1) is 0 Å². The van der Waals surface area contributed by atoms with Crippen LogP contribution in [0.15, 0.2) is 18.2 Å². The number of hydrogen-bond acceptors (Lipinski definition) is 7. The molecule has 146 valence electrons. The van der Waals surface area contributed by atoms with Crippen LogP contribution in [0, 0.1) is 33.7 Å². The Balaban J connectivity index is 1.93. The Labute approximate surface area is 154 Å². The fraction of sp³-hybridized carbons (Fsp3) is 0.500. The molecule has 0 amide bonds. The van der Waals surface area contributed by atoms with Crippen molar-refractivity contribution in [3.8, 4) is 5.75 Å². The van der Waals surface area contributed by atoms with Gasteiger partial charge >= 0.3 is 5.97 Å². The molecule has 9 heteroatoms. The number of hydrogen-bond donors (Lipinski definition) is 0. The molecular formula is C18H20FNO7. The number of methoxy groups -OCH3 is 1. The standard InChI is InChI=1S/C18H20FNO7/c1-10-5-15(21)12(13(10)8-20(24)25)7-18(23)27-9-16(22)11-3-4-17(26-2)14(19)6-11/h3-4,6,10,12-13H,5,7-9H2,1-2H3/t10-,12-,13-/m1/s1. The predicted octanol–water partition coefficient (Wildman–Crippen LogP) is 2.07. The first-order valence-corrected chi connectivity index (χ1v) is 8.39. The SMILES string of the molecule is COc1ccc(C(=O)COC(=O)C[C@H]2C(=O)C[C@@H](C)[C@H]2C[N+](=O)[O-])cc1F. The lowest BCUT2D eigenvalue weighted by atomic mass is 9.88. The smallest absolute Gasteiger partial charge is 0.306 e. The van der Waals surface area contributed by atoms with Gasteiger partial charge in [0.05, 0.1) is 13.5 Å². The van der Waals surface area contributed by atoms with Crippen LogP contribution in [0.2, 0.25) is 0 Å². The first-order chi connectivity index (χ1) is 12.7. The molecule has 0 unspecified atom stereocenters. The minimum absolute atomic E-state index is 0.0119. The third-order valence-electron chi connectivity index (χ3n) is 4.77. The van der Waals surface area contributed by atoms with E-state index in [-0.39, 0.29) is 35.9 Å². The summed E-state index contributed by atoms with van der Waals surface area (Å²) in [7, 11) is 1.29. The normalized spacial score (nSPS) is 21.7. The maximum atomic E-state index is 13.6. The summed E-state index contributed by atoms with van der Waals surface area (Å²) in [5.74, 6) is -3.87. The van der Waals surface area contributed by atoms with Crippen LogP contribution in [0.25, 0.3) is 0 Å². The minimum Gasteiger partial charge on any atom is -0.494 e. The Morgan fingerprint density at radius 2 is 2.07 bits per heavy atom. The second kappa shape index (κ2) is 8.70. The fourth-order valence-corrected chi connectivity index (χ4v) is 3.31. The Morgan fingerprint density at radius 3 is 2.67 bits per heavy atom. The van der Waals surface area contributed by atoms with E-state index in [9.17, 15) is 28.9 Å². The van der Waals surface area contributed by atoms with Gasteiger partial charge in [0.2, 0.25) is 6.54 Å². The molecule has 0 aromatic heterocycles. The minimum atomic E-state index is -0.793. The van der Waals surface area contributed by atoms with Gasteiger partial charge in [0, 0.05) is 28.7 Å². The molecule has 1 aromatic carbocycles. The van der Waals surface area contributed by atoms with Gasteiger partial charge < -0.3 is 9.47 Å². The lowest BCUT2D eigenvalue weighted by molar-refractivity contribution is -0.490. The van der Waals surface area contributed by atoms with Crippen molar-refractivity contribution in [3.05, 3.63) is 39.7 Å². The van der Waals surface area contributed by atoms with Gasteiger partial charge in [-0.1, -0.05) is 6.92 Å². The van der Waals surface area contributed by atoms with Crippen molar-refractivity contribution in [1.29, 1.82) is 0 Å². The highest BCUT2D eigenvalue weighted by atomic mass is 19.1. The van der Waals surface area contributed by atoms with Crippen LogP contribution in [0.4, 0.5) is 4.39 Å². The zero-order chi connectivity index (χ0) is 20.1. The number of rotatable bonds is 8. The van der Waals surface area contributed by atoms with E-state index in [1.807, 2.05) is 0 Å². The quantitative estimate of drug-likeness (QED) is 0.293. The maximum absolute atomic E-state index is 13.6. The summed E-state index contributed by atoms with van der Waals surface area (Å²) in [4.78, 5) is 46.3. The summed E-state index contributed by atoms with van der Waals surface area (Å²) in [6.45, 7) is 0.731. The number of ether oxygens (including phenoxy) is 2. The van der Waals surface area contributed by atoms with Gasteiger partial charge in [-0.3, -0.25) is 24.5 Å². The van der Waals surface area contributed by atoms with Crippen LogP contribution < -0.4 is 4.74 Å². The van der Waals surface area contributed by atoms with Gasteiger partial charge in [0.25, 0.3) is 0 Å². The summed E-state index contributed by atoms with van der Waals surface area (Å²) in [6, 6.07) is 3.60. The van der Waals surface area contributed by atoms with Crippen LogP contribution >= 0.6 is 0 Å². The van der Waals surface area contributed by atoms with Crippen LogP contribution in [-0.2, 0) is 14.3 Å². The van der Waals surface area contributed by atoms with Gasteiger partial charge in [-0.2, -0.15) is 0 Å². The van der Waals surface area contributed by atoms with E-state index in [1.54, 1.807) is 6.92 Å². The molecule has 1 fully saturated rings. The van der Waals surface area contributed by atoms with Crippen LogP contribution in [0.3, 0.4) is 0 Å². The summed E-state index contributed by atoms with van der Waals surface area (Å²) in [5.41, 5.74) is 0.0119. The lowest BCUT2D eigenvalue weighted by Crippen LogP contribution is -2.28. The molecule has 0 N–H and O–H groups in total. The van der Waals surface area contributed by atoms with Crippen molar-refractivity contribution in [3.63, 3.8) is 0 Å². The maximum Gasteiger partial charge on any atom is 0.306 e. The van der Waals surface area contributed by atoms with Crippen molar-refractivity contribution in [2.45, 2.75) is 19.8 Å². The molecule has 1 aromatic rings. The van der Waals surface area contributed by atoms with E-state index in [0.29, 0.717) is 0 Å². The number of halogens is 1. The van der Waals surface area contributed by atoms with Gasteiger partial charge in [-0.05, 0) is 24.1 Å². The molecule has 1 aliphatic rings. The molecule has 27 heavy (non-hydrogen) atoms. The number of Topliss-reactive ketones (excluding diaryl/α,β-unsaturated/α-hetero) is 2. The summed E-state index contributed by atoms with van der Waals surface area (Å²) < 4.78 is 23.3. The van der Waals surface area contributed by atoms with Gasteiger partial charge in [0.15, 0.2) is 24.0 Å². The van der Waals surface area contributed by atoms with Crippen LogP contribution in [0.1, 0.15) is 30.1 Å². The fourth-order valence-electron chi connectivity index (χ4n) is 3.31. The Kier molecular flexibility index (Phi) is 6.59. The van der Waals surface area contributed by atoms with Crippen molar-refractivity contribution >= 4 is 17.5 Å². The summed E-state index contributed by atoms with van der Waals surface area (Å²) in [6.07, 6.45) is -0.132. The zero-order valence-electron chi connectivity index (χ0n) is 15.0. The average molecular weight is 381 g/mol. The Bertz CT molecular complexity index is 764. The molecule has 1 aliphatic carbocycles. The number of nitro groups is 1. The van der Waals surface area contributed by atoms with E-state index < -0.39 is 47.5 Å². The monoisotopic (exact) mass is 381 g/mol. The Hall–Kier alpha value is -2.84. The van der Waals surface area contributed by atoms with E-state index >= 15 is 0 Å². The number of carbonyl (C=O) groups is 3. The van der Waals surface area contributed by atoms with E-state index in [2.05, 4.69) is 0 Å². The third kappa shape index (κ3) is 5.08. The summed E-state index contributed by atoms with van der Waals surface area (Å²) in [5, 5.41) is 10.8. The number of esters is 1. The van der Waals surface area contributed by atoms with Crippen molar-refractivity contribution < 1.29 is 33.2 Å². The molecule has 1 saturated carbocycles. The molecule has 0 aliphatic heterocycles. The number of carbonyl (C=O) groups excluding carboxylic acids is 3. The third-order valence-corrected chi connectivity index (χ3v) is 4.77. The van der Waals surface area contributed by atoms with E-state index in [0.717, 1.165) is 6.07 Å². The van der Waals surface area contributed by atoms with Gasteiger partial charge in [0.1, 0.15) is 5.78 Å². The molecule has 8 nitrogen and oxygen atoms in total. The highest BCUT2D eigenvalue weighted by Crippen LogP contribution is 2.36. The topological polar surface area (TPSA) is 113 Å². The molecule has 2 rings (SSSR count). The molecular weight excluding hydrogens is 361 g/mol. The highest BCUT2D eigenvalue weighted by molar-refractivity contribution is 5.98. The number of ketones is 2. The van der Waals surface area contributed by atoms with Crippen molar-refractivity contribution in [2.75, 3.05) is 20.3 Å².